The fourth-order valence-electron chi connectivity index (χ4n) is 2.04. The molecule has 1 fully saturated rings. The number of anilines is 1. The van der Waals surface area contributed by atoms with Gasteiger partial charge in [0.2, 0.25) is 5.91 Å². The van der Waals surface area contributed by atoms with Crippen LogP contribution in [0, 0.1) is 5.92 Å². The average molecular weight is 374 g/mol. The Kier molecular flexibility index (Phi) is 3.11. The van der Waals surface area contributed by atoms with Gasteiger partial charge in [0.1, 0.15) is 0 Å². The van der Waals surface area contributed by atoms with E-state index in [4.69, 9.17) is 0 Å². The third kappa shape index (κ3) is 2.05. The van der Waals surface area contributed by atoms with Crippen LogP contribution >= 0.6 is 31.9 Å². The molecule has 0 aromatic carbocycles. The second-order valence-corrected chi connectivity index (χ2v) is 5.85. The van der Waals surface area contributed by atoms with Gasteiger partial charge in [-0.3, -0.25) is 9.69 Å². The number of aromatic nitrogens is 3. The van der Waals surface area contributed by atoms with Crippen LogP contribution in [-0.4, -0.2) is 32.4 Å². The van der Waals surface area contributed by atoms with Gasteiger partial charge in [-0.2, -0.15) is 4.98 Å². The van der Waals surface area contributed by atoms with Crippen molar-refractivity contribution in [2.45, 2.75) is 6.42 Å². The van der Waals surface area contributed by atoms with Gasteiger partial charge < -0.3 is 0 Å². The van der Waals surface area contributed by atoms with Crippen molar-refractivity contribution < 1.29 is 4.79 Å². The largest absolute Gasteiger partial charge is 0.279 e. The first-order valence-electron chi connectivity index (χ1n) is 5.55. The summed E-state index contributed by atoms with van der Waals surface area (Å²) < 4.78 is 2.60. The molecule has 7 heteroatoms. The van der Waals surface area contributed by atoms with Crippen molar-refractivity contribution in [3.63, 3.8) is 0 Å². The van der Waals surface area contributed by atoms with Crippen molar-refractivity contribution in [3.8, 4) is 0 Å². The van der Waals surface area contributed by atoms with E-state index in [1.54, 1.807) is 9.42 Å². The third-order valence-electron chi connectivity index (χ3n) is 2.95. The summed E-state index contributed by atoms with van der Waals surface area (Å²) in [5.41, 5.74) is 0.739. The molecule has 1 unspecified atom stereocenters. The topological polar surface area (TPSA) is 50.5 Å². The quantitative estimate of drug-likeness (QED) is 0.758. The number of fused-ring (bicyclic) bond motifs is 1. The van der Waals surface area contributed by atoms with Crippen molar-refractivity contribution in [1.29, 1.82) is 0 Å². The molecule has 2 aromatic rings. The minimum Gasteiger partial charge on any atom is -0.279 e. The Hall–Kier alpha value is -0.950. The van der Waals surface area contributed by atoms with Gasteiger partial charge in [0.25, 0.3) is 5.95 Å². The predicted octanol–water partition coefficient (Wildman–Crippen LogP) is 2.24. The van der Waals surface area contributed by atoms with Crippen molar-refractivity contribution in [2.75, 3.05) is 16.8 Å². The molecular weight excluding hydrogens is 364 g/mol. The molecule has 18 heavy (non-hydrogen) atoms. The number of rotatable bonds is 2. The van der Waals surface area contributed by atoms with Crippen molar-refractivity contribution in [2.24, 2.45) is 5.92 Å². The number of halogens is 2. The SMILES string of the molecule is O=C1CC(CBr)CN1c1nc2ccc(Br)cn2n1. The van der Waals surface area contributed by atoms with Crippen LogP contribution in [0.25, 0.3) is 5.65 Å². The highest BCUT2D eigenvalue weighted by Crippen LogP contribution is 2.24. The highest BCUT2D eigenvalue weighted by molar-refractivity contribution is 9.10. The maximum atomic E-state index is 11.9. The zero-order valence-electron chi connectivity index (χ0n) is 9.38. The zero-order chi connectivity index (χ0) is 12.7. The van der Waals surface area contributed by atoms with Crippen LogP contribution in [0.15, 0.2) is 22.8 Å². The Morgan fingerprint density at radius 2 is 2.28 bits per heavy atom. The smallest absolute Gasteiger partial charge is 0.252 e. The normalized spacial score (nSPS) is 20.0. The first kappa shape index (κ1) is 12.1. The molecule has 1 aliphatic heterocycles. The van der Waals surface area contributed by atoms with Gasteiger partial charge in [-0.25, -0.2) is 4.52 Å². The van der Waals surface area contributed by atoms with Crippen LogP contribution in [0.4, 0.5) is 5.95 Å². The number of alkyl halides is 1. The van der Waals surface area contributed by atoms with E-state index < -0.39 is 0 Å². The van der Waals surface area contributed by atoms with Gasteiger partial charge in [0.05, 0.1) is 0 Å². The molecule has 5 nitrogen and oxygen atoms in total. The number of hydrogen-bond acceptors (Lipinski definition) is 3. The molecule has 0 bridgehead atoms. The molecule has 1 atom stereocenters. The molecule has 3 rings (SSSR count). The van der Waals surface area contributed by atoms with Crippen LogP contribution in [0.3, 0.4) is 0 Å². The summed E-state index contributed by atoms with van der Waals surface area (Å²) in [6, 6.07) is 3.77. The maximum absolute atomic E-state index is 11.9. The molecule has 0 spiro atoms. The minimum atomic E-state index is 0.0921. The summed E-state index contributed by atoms with van der Waals surface area (Å²) in [7, 11) is 0. The molecule has 0 N–H and O–H groups in total. The van der Waals surface area contributed by atoms with Gasteiger partial charge in [0, 0.05) is 29.0 Å². The lowest BCUT2D eigenvalue weighted by Crippen LogP contribution is -2.25. The van der Waals surface area contributed by atoms with Crippen LogP contribution in [0.2, 0.25) is 0 Å². The Morgan fingerprint density at radius 1 is 1.44 bits per heavy atom. The zero-order valence-corrected chi connectivity index (χ0v) is 12.6. The lowest BCUT2D eigenvalue weighted by Gasteiger charge is -2.10. The molecule has 1 amide bonds. The molecule has 0 saturated carbocycles. The van der Waals surface area contributed by atoms with E-state index in [1.807, 2.05) is 18.3 Å². The first-order valence-corrected chi connectivity index (χ1v) is 7.47. The molecule has 94 valence electrons. The summed E-state index contributed by atoms with van der Waals surface area (Å²) in [6.07, 6.45) is 2.39. The molecule has 0 aliphatic carbocycles. The summed E-state index contributed by atoms with van der Waals surface area (Å²) in [4.78, 5) is 17.9. The number of hydrogen-bond donors (Lipinski definition) is 0. The van der Waals surface area contributed by atoms with Gasteiger partial charge in [0.15, 0.2) is 5.65 Å². The predicted molar refractivity (Wildman–Crippen MR) is 74.9 cm³/mol. The first-order chi connectivity index (χ1) is 8.67. The Labute approximate surface area is 120 Å². The highest BCUT2D eigenvalue weighted by atomic mass is 79.9. The number of carbonyl (C=O) groups excluding carboxylic acids is 1. The van der Waals surface area contributed by atoms with E-state index in [1.165, 1.54) is 0 Å². The Morgan fingerprint density at radius 3 is 3.00 bits per heavy atom. The molecule has 1 aliphatic rings. The molecule has 0 radical (unpaired) electrons. The van der Waals surface area contributed by atoms with E-state index in [0.717, 1.165) is 15.4 Å². The van der Waals surface area contributed by atoms with Crippen LogP contribution in [0.5, 0.6) is 0 Å². The monoisotopic (exact) mass is 372 g/mol. The second kappa shape index (κ2) is 4.62. The fourth-order valence-corrected chi connectivity index (χ4v) is 2.80. The van der Waals surface area contributed by atoms with E-state index in [2.05, 4.69) is 41.9 Å². The van der Waals surface area contributed by atoms with Gasteiger partial charge >= 0.3 is 0 Å². The number of carbonyl (C=O) groups is 1. The third-order valence-corrected chi connectivity index (χ3v) is 4.33. The highest BCUT2D eigenvalue weighted by Gasteiger charge is 2.32. The van der Waals surface area contributed by atoms with Crippen LogP contribution in [0.1, 0.15) is 6.42 Å². The number of pyridine rings is 1. The van der Waals surface area contributed by atoms with E-state index in [9.17, 15) is 4.79 Å². The molecular formula is C11H10Br2N4O. The molecule has 2 aromatic heterocycles. The minimum absolute atomic E-state index is 0.0921. The lowest BCUT2D eigenvalue weighted by atomic mass is 10.2. The van der Waals surface area contributed by atoms with E-state index >= 15 is 0 Å². The van der Waals surface area contributed by atoms with Crippen LogP contribution < -0.4 is 4.90 Å². The summed E-state index contributed by atoms with van der Waals surface area (Å²) >= 11 is 6.80. The van der Waals surface area contributed by atoms with Gasteiger partial charge in [-0.1, -0.05) is 15.9 Å². The molecule has 1 saturated heterocycles. The molecule has 3 heterocycles. The van der Waals surface area contributed by atoms with E-state index in [-0.39, 0.29) is 5.91 Å². The summed E-state index contributed by atoms with van der Waals surface area (Å²) in [5, 5.41) is 5.17. The summed E-state index contributed by atoms with van der Waals surface area (Å²) in [6.45, 7) is 0.683. The van der Waals surface area contributed by atoms with Crippen molar-refractivity contribution in [1.82, 2.24) is 14.6 Å². The number of nitrogens with zero attached hydrogens (tertiary/aromatic N) is 4. The van der Waals surface area contributed by atoms with Crippen LogP contribution in [-0.2, 0) is 4.79 Å². The van der Waals surface area contributed by atoms with Gasteiger partial charge in [-0.05, 0) is 34.0 Å². The van der Waals surface area contributed by atoms with Gasteiger partial charge in [-0.15, -0.1) is 5.10 Å². The standard InChI is InChI=1S/C11H10Br2N4O/c12-4-7-3-10(18)16(5-7)11-14-9-2-1-8(13)6-17(9)15-11/h1-2,6-7H,3-5H2. The lowest BCUT2D eigenvalue weighted by molar-refractivity contribution is -0.117. The second-order valence-electron chi connectivity index (χ2n) is 4.29. The summed E-state index contributed by atoms with van der Waals surface area (Å²) in [5.74, 6) is 0.923. The maximum Gasteiger partial charge on any atom is 0.252 e. The fraction of sp³-hybridized carbons (Fsp3) is 0.364. The van der Waals surface area contributed by atoms with Crippen molar-refractivity contribution in [3.05, 3.63) is 22.8 Å². The Balaban J connectivity index is 1.97. The Bertz CT molecular complexity index is 612. The van der Waals surface area contributed by atoms with E-state index in [0.29, 0.717) is 24.8 Å². The average Bonchev–Trinajstić information content (AvgIpc) is 2.91. The van der Waals surface area contributed by atoms with Crippen molar-refractivity contribution >= 4 is 49.4 Å². The number of amides is 1.